The van der Waals surface area contributed by atoms with Crippen molar-refractivity contribution in [1.29, 1.82) is 0 Å². The number of nitrogens with one attached hydrogen (secondary N) is 1. The third-order valence-electron chi connectivity index (χ3n) is 5.76. The summed E-state index contributed by atoms with van der Waals surface area (Å²) in [5, 5.41) is 12.5. The van der Waals surface area contributed by atoms with Gasteiger partial charge in [-0.05, 0) is 69.5 Å². The third-order valence-corrected chi connectivity index (χ3v) is 6.76. The van der Waals surface area contributed by atoms with Crippen LogP contribution < -0.4 is 10.1 Å². The van der Waals surface area contributed by atoms with Crippen LogP contribution in [0.25, 0.3) is 0 Å². The summed E-state index contributed by atoms with van der Waals surface area (Å²) in [6.45, 7) is 13.2. The van der Waals surface area contributed by atoms with Crippen LogP contribution in [0.4, 0.5) is 0 Å². The van der Waals surface area contributed by atoms with Crippen molar-refractivity contribution in [2.24, 2.45) is 5.92 Å². The lowest BCUT2D eigenvalue weighted by Gasteiger charge is -2.44. The Morgan fingerprint density at radius 1 is 1.21 bits per heavy atom. The van der Waals surface area contributed by atoms with Crippen LogP contribution in [0, 0.1) is 26.7 Å². The van der Waals surface area contributed by atoms with Crippen LogP contribution >= 0.6 is 11.3 Å². The van der Waals surface area contributed by atoms with Crippen LogP contribution in [0.2, 0.25) is 0 Å². The normalized spacial score (nSPS) is 16.9. The van der Waals surface area contributed by atoms with Gasteiger partial charge in [0.15, 0.2) is 0 Å². The van der Waals surface area contributed by atoms with Gasteiger partial charge in [-0.15, -0.1) is 11.3 Å². The zero-order valence-electron chi connectivity index (χ0n) is 18.0. The van der Waals surface area contributed by atoms with E-state index in [1.807, 2.05) is 25.1 Å². The van der Waals surface area contributed by atoms with Crippen LogP contribution in [0.15, 0.2) is 24.3 Å². The van der Waals surface area contributed by atoms with Gasteiger partial charge in [-0.3, -0.25) is 9.69 Å². The molecule has 0 bridgehead atoms. The van der Waals surface area contributed by atoms with Gasteiger partial charge in [0.05, 0.1) is 11.0 Å². The molecule has 1 aliphatic rings. The van der Waals surface area contributed by atoms with Gasteiger partial charge < -0.3 is 15.2 Å². The second-order valence-corrected chi connectivity index (χ2v) is 9.47. The fraction of sp³-hybridized carbons (Fsp3) is 0.522. The number of likely N-dealkylation sites (tertiary alicyclic amines) is 1. The number of hydrogen-bond donors (Lipinski definition) is 2. The summed E-state index contributed by atoms with van der Waals surface area (Å²) in [5.41, 5.74) is 3.68. The highest BCUT2D eigenvalue weighted by Crippen LogP contribution is 2.34. The van der Waals surface area contributed by atoms with Crippen molar-refractivity contribution in [3.05, 3.63) is 50.7 Å². The molecule has 2 atom stereocenters. The van der Waals surface area contributed by atoms with Crippen molar-refractivity contribution >= 4 is 17.2 Å². The van der Waals surface area contributed by atoms with E-state index >= 15 is 0 Å². The number of benzene rings is 1. The molecule has 1 saturated heterocycles. The average Bonchev–Trinajstić information content (AvgIpc) is 3.07. The molecular weight excluding hydrogens is 384 g/mol. The molecule has 2 N–H and O–H groups in total. The number of ether oxygens (including phenoxy) is 1. The van der Waals surface area contributed by atoms with Gasteiger partial charge in [-0.2, -0.15) is 0 Å². The standard InChI is InChI=1S/C23H32N2O3S/c1-14(26)13-28-21-8-7-20(16(3)17(21)4)18(5)25-11-19(12-25)10-24-23(27)22-9-6-15(2)29-22/h6-9,14,18-19,26H,10-13H2,1-5H3,(H,24,27)/t14-,18?/m1/s1. The second-order valence-electron chi connectivity index (χ2n) is 8.18. The molecule has 1 amide bonds. The average molecular weight is 417 g/mol. The van der Waals surface area contributed by atoms with Crippen LogP contribution in [0.5, 0.6) is 5.75 Å². The van der Waals surface area contributed by atoms with E-state index in [2.05, 4.69) is 37.1 Å². The number of thiophene rings is 1. The third kappa shape index (κ3) is 5.18. The predicted molar refractivity (Wildman–Crippen MR) is 118 cm³/mol. The van der Waals surface area contributed by atoms with Crippen molar-refractivity contribution in [1.82, 2.24) is 10.2 Å². The molecule has 0 aliphatic carbocycles. The van der Waals surface area contributed by atoms with E-state index in [4.69, 9.17) is 4.74 Å². The van der Waals surface area contributed by atoms with Gasteiger partial charge in [0.25, 0.3) is 5.91 Å². The summed E-state index contributed by atoms with van der Waals surface area (Å²) in [4.78, 5) is 16.6. The molecule has 1 fully saturated rings. The molecule has 1 unspecified atom stereocenters. The first kappa shape index (κ1) is 21.8. The predicted octanol–water partition coefficient (Wildman–Crippen LogP) is 3.86. The minimum Gasteiger partial charge on any atom is -0.491 e. The highest BCUT2D eigenvalue weighted by molar-refractivity contribution is 7.13. The maximum absolute atomic E-state index is 12.2. The molecule has 2 heterocycles. The van der Waals surface area contributed by atoms with Crippen molar-refractivity contribution in [2.45, 2.75) is 46.8 Å². The number of aryl methyl sites for hydroxylation is 1. The highest BCUT2D eigenvalue weighted by Gasteiger charge is 2.32. The number of rotatable bonds is 8. The minimum atomic E-state index is -0.476. The molecular formula is C23H32N2O3S. The maximum atomic E-state index is 12.2. The zero-order valence-corrected chi connectivity index (χ0v) is 18.8. The van der Waals surface area contributed by atoms with Crippen molar-refractivity contribution in [3.8, 4) is 5.75 Å². The van der Waals surface area contributed by atoms with Gasteiger partial charge in [0.1, 0.15) is 12.4 Å². The van der Waals surface area contributed by atoms with E-state index in [1.54, 1.807) is 6.92 Å². The Morgan fingerprint density at radius 3 is 2.55 bits per heavy atom. The summed E-state index contributed by atoms with van der Waals surface area (Å²) < 4.78 is 5.72. The van der Waals surface area contributed by atoms with E-state index in [0.29, 0.717) is 18.6 Å². The summed E-state index contributed by atoms with van der Waals surface area (Å²) >= 11 is 1.54. The van der Waals surface area contributed by atoms with Crippen LogP contribution in [-0.4, -0.2) is 48.3 Å². The molecule has 0 spiro atoms. The molecule has 3 rings (SSSR count). The lowest BCUT2D eigenvalue weighted by Crippen LogP contribution is -2.52. The molecule has 0 radical (unpaired) electrons. The van der Waals surface area contributed by atoms with Gasteiger partial charge in [0.2, 0.25) is 0 Å². The Hall–Kier alpha value is -1.89. The second kappa shape index (κ2) is 9.28. The molecule has 1 aromatic heterocycles. The molecule has 2 aromatic rings. The molecule has 0 saturated carbocycles. The van der Waals surface area contributed by atoms with Crippen LogP contribution in [-0.2, 0) is 0 Å². The van der Waals surface area contributed by atoms with Crippen molar-refractivity contribution < 1.29 is 14.6 Å². The Morgan fingerprint density at radius 2 is 1.93 bits per heavy atom. The topological polar surface area (TPSA) is 61.8 Å². The largest absolute Gasteiger partial charge is 0.491 e. The van der Waals surface area contributed by atoms with E-state index in [1.165, 1.54) is 22.5 Å². The van der Waals surface area contributed by atoms with Gasteiger partial charge in [-0.1, -0.05) is 6.07 Å². The van der Waals surface area contributed by atoms with E-state index in [9.17, 15) is 9.90 Å². The molecule has 1 aromatic carbocycles. The molecule has 6 heteroatoms. The summed E-state index contributed by atoms with van der Waals surface area (Å²) in [5.74, 6) is 1.37. The zero-order chi connectivity index (χ0) is 21.1. The van der Waals surface area contributed by atoms with Crippen LogP contribution in [0.3, 0.4) is 0 Å². The fourth-order valence-electron chi connectivity index (χ4n) is 3.77. The summed E-state index contributed by atoms with van der Waals surface area (Å²) in [7, 11) is 0. The number of hydrogen-bond acceptors (Lipinski definition) is 5. The number of amides is 1. The van der Waals surface area contributed by atoms with Gasteiger partial charge >= 0.3 is 0 Å². The first-order valence-electron chi connectivity index (χ1n) is 10.3. The Kier molecular flexibility index (Phi) is 6.98. The van der Waals surface area contributed by atoms with Crippen molar-refractivity contribution in [2.75, 3.05) is 26.2 Å². The summed E-state index contributed by atoms with van der Waals surface area (Å²) in [6.07, 6.45) is -0.476. The molecule has 158 valence electrons. The van der Waals surface area contributed by atoms with E-state index in [0.717, 1.165) is 40.7 Å². The Labute approximate surface area is 177 Å². The number of aliphatic hydroxyl groups excluding tert-OH is 1. The van der Waals surface area contributed by atoms with E-state index in [-0.39, 0.29) is 5.91 Å². The number of carbonyl (C=O) groups is 1. The fourth-order valence-corrected chi connectivity index (χ4v) is 4.55. The number of nitrogens with zero attached hydrogens (tertiary/aromatic N) is 1. The van der Waals surface area contributed by atoms with Gasteiger partial charge in [0, 0.05) is 36.5 Å². The maximum Gasteiger partial charge on any atom is 0.261 e. The molecule has 5 nitrogen and oxygen atoms in total. The smallest absolute Gasteiger partial charge is 0.261 e. The van der Waals surface area contributed by atoms with Crippen molar-refractivity contribution in [3.63, 3.8) is 0 Å². The lowest BCUT2D eigenvalue weighted by molar-refractivity contribution is 0.0570. The van der Waals surface area contributed by atoms with E-state index < -0.39 is 6.10 Å². The Balaban J connectivity index is 1.51. The first-order valence-corrected chi connectivity index (χ1v) is 11.1. The molecule has 29 heavy (non-hydrogen) atoms. The lowest BCUT2D eigenvalue weighted by atomic mass is 9.91. The first-order chi connectivity index (χ1) is 13.8. The van der Waals surface area contributed by atoms with Crippen LogP contribution in [0.1, 0.15) is 51.1 Å². The summed E-state index contributed by atoms with van der Waals surface area (Å²) in [6, 6.07) is 8.35. The van der Waals surface area contributed by atoms with Gasteiger partial charge in [-0.25, -0.2) is 0 Å². The Bertz CT molecular complexity index is 856. The molecule has 1 aliphatic heterocycles. The quantitative estimate of drug-likeness (QED) is 0.686. The number of carbonyl (C=O) groups excluding carboxylic acids is 1. The highest BCUT2D eigenvalue weighted by atomic mass is 32.1. The minimum absolute atomic E-state index is 0.0360. The number of aliphatic hydroxyl groups is 1. The SMILES string of the molecule is Cc1ccc(C(=O)NCC2CN(C(C)c3ccc(OC[C@@H](C)O)c(C)c3C)C2)s1. The monoisotopic (exact) mass is 416 g/mol.